The van der Waals surface area contributed by atoms with Crippen LogP contribution < -0.4 is 0 Å². The van der Waals surface area contributed by atoms with Crippen molar-refractivity contribution >= 4 is 22.4 Å². The van der Waals surface area contributed by atoms with Crippen LogP contribution in [0.15, 0.2) is 54.2 Å². The molecule has 1 aliphatic carbocycles. The van der Waals surface area contributed by atoms with E-state index in [0.29, 0.717) is 11.1 Å². The van der Waals surface area contributed by atoms with Crippen LogP contribution in [0.1, 0.15) is 52.4 Å². The summed E-state index contributed by atoms with van der Waals surface area (Å²) < 4.78 is 0. The van der Waals surface area contributed by atoms with Gasteiger partial charge >= 0.3 is 5.97 Å². The van der Waals surface area contributed by atoms with Crippen LogP contribution in [0.3, 0.4) is 0 Å². The fourth-order valence-electron chi connectivity index (χ4n) is 5.04. The van der Waals surface area contributed by atoms with Gasteiger partial charge in [0, 0.05) is 24.7 Å². The van der Waals surface area contributed by atoms with E-state index in [9.17, 15) is 15.0 Å². The van der Waals surface area contributed by atoms with Gasteiger partial charge in [0.25, 0.3) is 0 Å². The number of fused-ring (bicyclic) bond motifs is 3. The third-order valence-corrected chi connectivity index (χ3v) is 6.57. The Bertz CT molecular complexity index is 1140. The molecule has 1 unspecified atom stereocenters. The molecule has 0 radical (unpaired) electrons. The van der Waals surface area contributed by atoms with E-state index in [0.717, 1.165) is 56.3 Å². The maximum Gasteiger partial charge on any atom is 0.337 e. The number of unbranched alkanes of at least 4 members (excludes halogenated alkanes) is 1. The zero-order valence-electron chi connectivity index (χ0n) is 16.9. The summed E-state index contributed by atoms with van der Waals surface area (Å²) in [6, 6.07) is 13.7. The fraction of sp³-hybridized carbons (Fsp3) is 0.320. The Morgan fingerprint density at radius 1 is 1.13 bits per heavy atom. The lowest BCUT2D eigenvalue weighted by atomic mass is 9.98. The van der Waals surface area contributed by atoms with Crippen LogP contribution in [0.4, 0.5) is 0 Å². The normalized spacial score (nSPS) is 18.6. The number of rotatable bonds is 6. The van der Waals surface area contributed by atoms with E-state index < -0.39 is 12.1 Å². The Morgan fingerprint density at radius 3 is 2.87 bits per heavy atom. The largest absolute Gasteiger partial charge is 0.478 e. The molecule has 2 heterocycles. The molecule has 5 rings (SSSR count). The molecule has 1 atom stereocenters. The highest BCUT2D eigenvalue weighted by molar-refractivity contribution is 6.02. The zero-order chi connectivity index (χ0) is 20.7. The quantitative estimate of drug-likeness (QED) is 0.534. The van der Waals surface area contributed by atoms with Crippen molar-refractivity contribution in [3.8, 4) is 0 Å². The van der Waals surface area contributed by atoms with Crippen LogP contribution in [0.2, 0.25) is 0 Å². The zero-order valence-corrected chi connectivity index (χ0v) is 16.9. The summed E-state index contributed by atoms with van der Waals surface area (Å²) in [5, 5.41) is 21.1. The van der Waals surface area contributed by atoms with Gasteiger partial charge in [0.1, 0.15) is 6.10 Å². The molecule has 3 aromatic rings. The first kappa shape index (κ1) is 19.1. The highest BCUT2D eigenvalue weighted by Gasteiger charge is 2.32. The summed E-state index contributed by atoms with van der Waals surface area (Å²) in [5.41, 5.74) is 7.04. The van der Waals surface area contributed by atoms with Gasteiger partial charge in [-0.3, -0.25) is 4.90 Å². The second kappa shape index (κ2) is 7.74. The summed E-state index contributed by atoms with van der Waals surface area (Å²) in [7, 11) is 0. The molecule has 0 amide bonds. The number of aliphatic hydroxyl groups is 1. The van der Waals surface area contributed by atoms with E-state index in [1.54, 1.807) is 6.07 Å². The number of nitrogens with zero attached hydrogens (tertiary/aromatic N) is 1. The number of aromatic carboxylic acids is 1. The first-order chi connectivity index (χ1) is 14.6. The standard InChI is InChI=1S/C25H26N2O3/c28-24-20-8-2-1-7-18(20)19-11-13-27(15-22(19)24)12-4-3-6-16-14-26-23-17(16)9-5-10-21(23)25(29)30/h1-2,5,7-10,14,24,26,28H,3-4,6,11-13,15H2,(H,29,30). The number of aryl methyl sites for hydroxylation is 1. The molecule has 154 valence electrons. The average molecular weight is 402 g/mol. The lowest BCUT2D eigenvalue weighted by Crippen LogP contribution is -2.32. The molecule has 0 bridgehead atoms. The molecule has 0 fully saturated rings. The number of nitrogens with one attached hydrogen (secondary N) is 1. The third kappa shape index (κ3) is 3.24. The number of aromatic nitrogens is 1. The molecule has 5 heteroatoms. The van der Waals surface area contributed by atoms with Gasteiger partial charge in [0.05, 0.1) is 11.1 Å². The maximum atomic E-state index is 11.4. The number of H-pyrrole nitrogens is 1. The minimum absolute atomic E-state index is 0.326. The first-order valence-electron chi connectivity index (χ1n) is 10.7. The lowest BCUT2D eigenvalue weighted by Gasteiger charge is -2.29. The average Bonchev–Trinajstić information content (AvgIpc) is 3.30. The Hall–Kier alpha value is -2.89. The van der Waals surface area contributed by atoms with Crippen molar-refractivity contribution in [3.05, 3.63) is 76.5 Å². The Balaban J connectivity index is 1.18. The van der Waals surface area contributed by atoms with E-state index in [-0.39, 0.29) is 0 Å². The third-order valence-electron chi connectivity index (χ3n) is 6.57. The van der Waals surface area contributed by atoms with E-state index in [1.807, 2.05) is 30.5 Å². The van der Waals surface area contributed by atoms with Gasteiger partial charge in [-0.15, -0.1) is 0 Å². The summed E-state index contributed by atoms with van der Waals surface area (Å²) in [4.78, 5) is 17.0. The van der Waals surface area contributed by atoms with Crippen molar-refractivity contribution in [3.63, 3.8) is 0 Å². The molecule has 3 N–H and O–H groups in total. The molecule has 1 aliphatic heterocycles. The summed E-state index contributed by atoms with van der Waals surface area (Å²) in [6.07, 6.45) is 5.56. The number of carboxylic acid groups (broad SMARTS) is 1. The van der Waals surface area contributed by atoms with Crippen molar-refractivity contribution in [2.45, 2.75) is 31.8 Å². The van der Waals surface area contributed by atoms with Crippen LogP contribution in [0, 0.1) is 0 Å². The Morgan fingerprint density at radius 2 is 2.00 bits per heavy atom. The lowest BCUT2D eigenvalue weighted by molar-refractivity contribution is 0.0699. The van der Waals surface area contributed by atoms with Gasteiger partial charge in [-0.2, -0.15) is 0 Å². The number of aliphatic hydroxyl groups excluding tert-OH is 1. The minimum atomic E-state index is -0.899. The van der Waals surface area contributed by atoms with Crippen molar-refractivity contribution in [2.24, 2.45) is 0 Å². The van der Waals surface area contributed by atoms with Crippen molar-refractivity contribution < 1.29 is 15.0 Å². The van der Waals surface area contributed by atoms with Gasteiger partial charge in [-0.05, 0) is 66.1 Å². The van der Waals surface area contributed by atoms with E-state index in [2.05, 4.69) is 22.0 Å². The summed E-state index contributed by atoms with van der Waals surface area (Å²) >= 11 is 0. The number of hydrogen-bond acceptors (Lipinski definition) is 3. The molecule has 5 nitrogen and oxygen atoms in total. The number of carbonyl (C=O) groups is 1. The molecule has 30 heavy (non-hydrogen) atoms. The van der Waals surface area contributed by atoms with Gasteiger partial charge in [-0.1, -0.05) is 36.4 Å². The number of hydrogen-bond donors (Lipinski definition) is 3. The monoisotopic (exact) mass is 402 g/mol. The number of benzene rings is 2. The molecular formula is C25H26N2O3. The van der Waals surface area contributed by atoms with E-state index in [4.69, 9.17) is 0 Å². The van der Waals surface area contributed by atoms with E-state index >= 15 is 0 Å². The highest BCUT2D eigenvalue weighted by Crippen LogP contribution is 2.44. The second-order valence-corrected chi connectivity index (χ2v) is 8.32. The van der Waals surface area contributed by atoms with Gasteiger partial charge in [0.2, 0.25) is 0 Å². The molecule has 2 aromatic carbocycles. The van der Waals surface area contributed by atoms with Gasteiger partial charge in [-0.25, -0.2) is 4.79 Å². The Kier molecular flexibility index (Phi) is 4.93. The van der Waals surface area contributed by atoms with Gasteiger partial charge < -0.3 is 15.2 Å². The predicted octanol–water partition coefficient (Wildman–Crippen LogP) is 4.40. The Labute approximate surface area is 175 Å². The predicted molar refractivity (Wildman–Crippen MR) is 118 cm³/mol. The number of carboxylic acids is 1. The minimum Gasteiger partial charge on any atom is -0.478 e. The summed E-state index contributed by atoms with van der Waals surface area (Å²) in [6.45, 7) is 2.90. The summed E-state index contributed by atoms with van der Waals surface area (Å²) in [5.74, 6) is -0.899. The fourth-order valence-corrected chi connectivity index (χ4v) is 5.04. The van der Waals surface area contributed by atoms with Crippen LogP contribution in [0.25, 0.3) is 16.5 Å². The van der Waals surface area contributed by atoms with Crippen LogP contribution in [-0.2, 0) is 6.42 Å². The molecule has 0 saturated heterocycles. The van der Waals surface area contributed by atoms with Crippen molar-refractivity contribution in [2.75, 3.05) is 19.6 Å². The topological polar surface area (TPSA) is 76.6 Å². The highest BCUT2D eigenvalue weighted by atomic mass is 16.4. The molecule has 2 aliphatic rings. The van der Waals surface area contributed by atoms with Crippen LogP contribution in [0.5, 0.6) is 0 Å². The first-order valence-corrected chi connectivity index (χ1v) is 10.7. The van der Waals surface area contributed by atoms with E-state index in [1.165, 1.54) is 22.3 Å². The maximum absolute atomic E-state index is 11.4. The SMILES string of the molecule is O=C(O)c1cccc2c(CCCCN3CCC4=C(C3)C(O)c3ccccc34)c[nH]c12. The second-order valence-electron chi connectivity index (χ2n) is 8.32. The van der Waals surface area contributed by atoms with Crippen molar-refractivity contribution in [1.29, 1.82) is 0 Å². The van der Waals surface area contributed by atoms with Crippen LogP contribution in [-0.4, -0.2) is 45.7 Å². The van der Waals surface area contributed by atoms with Crippen LogP contribution >= 0.6 is 0 Å². The number of para-hydroxylation sites is 1. The molecule has 0 spiro atoms. The number of aromatic amines is 1. The smallest absolute Gasteiger partial charge is 0.337 e. The van der Waals surface area contributed by atoms with Gasteiger partial charge in [0.15, 0.2) is 0 Å². The van der Waals surface area contributed by atoms with Crippen molar-refractivity contribution in [1.82, 2.24) is 9.88 Å². The molecular weight excluding hydrogens is 376 g/mol. The molecule has 0 saturated carbocycles. The molecule has 1 aromatic heterocycles.